The number of aliphatic imine (C=N–C) groups is 3. The Morgan fingerprint density at radius 1 is 0.553 bits per heavy atom. The van der Waals surface area contributed by atoms with Gasteiger partial charge in [-0.1, -0.05) is 56.7 Å². The van der Waals surface area contributed by atoms with Crippen LogP contribution < -0.4 is 72.0 Å². The third-order valence-electron chi connectivity index (χ3n) is 12.5. The van der Waals surface area contributed by atoms with Crippen LogP contribution in [0.25, 0.3) is 21.8 Å². The number of benzene rings is 2. The summed E-state index contributed by atoms with van der Waals surface area (Å²) in [6.45, 7) is 3.85. The van der Waals surface area contributed by atoms with E-state index in [4.69, 9.17) is 40.1 Å². The molecule has 0 aliphatic carbocycles. The number of nitrogens with zero attached hydrogens (tertiary/aromatic N) is 3. The largest absolute Gasteiger partial charge is 0.480 e. The van der Waals surface area contributed by atoms with Crippen molar-refractivity contribution in [2.45, 2.75) is 114 Å². The first-order valence-corrected chi connectivity index (χ1v) is 25.5. The van der Waals surface area contributed by atoms with Gasteiger partial charge in [0.25, 0.3) is 0 Å². The molecule has 0 radical (unpaired) electrons. The highest BCUT2D eigenvalue weighted by Crippen LogP contribution is 2.22. The number of H-pyrrole nitrogens is 2. The predicted octanol–water partition coefficient (Wildman–Crippen LogP) is -2.11. The number of carbonyl (C=O) groups excluding carboxylic acids is 6. The number of nitrogens with one attached hydrogen (secondary N) is 8. The SMILES string of the molecule is CC[C@H](C)[C@H](NC(=O)[C@H](CCCN=C(N)N)NC(=O)[C@H](CS)NC(=O)[C@H](Cc1c[nH]c2ccccc12)NC(=O)[C@H](Cc1c[nH]c2ccccc12)NC(=O)[C@H](CCCN=C(N)N)NC(=O)[C@@H](N)CCCN=C(N)N)C(=O)O. The predicted molar refractivity (Wildman–Crippen MR) is 294 cm³/mol. The van der Waals surface area contributed by atoms with E-state index in [1.165, 1.54) is 0 Å². The molecular formula is C49H74N18O8S. The molecular weight excluding hydrogens is 1000 g/mol. The lowest BCUT2D eigenvalue weighted by molar-refractivity contribution is -0.144. The van der Waals surface area contributed by atoms with Crippen molar-refractivity contribution < 1.29 is 38.7 Å². The quantitative estimate of drug-likeness (QED) is 0.0108. The van der Waals surface area contributed by atoms with E-state index < -0.39 is 89.6 Å². The molecule has 76 heavy (non-hydrogen) atoms. The van der Waals surface area contributed by atoms with E-state index in [-0.39, 0.29) is 88.2 Å². The number of carbonyl (C=O) groups is 7. The second kappa shape index (κ2) is 30.3. The van der Waals surface area contributed by atoms with E-state index in [2.05, 4.69) is 69.5 Å². The minimum absolute atomic E-state index is 0.0199. The van der Waals surface area contributed by atoms with Crippen molar-refractivity contribution >= 4 is 93.7 Å². The summed E-state index contributed by atoms with van der Waals surface area (Å²) >= 11 is 4.37. The molecule has 2 aromatic heterocycles. The van der Waals surface area contributed by atoms with Gasteiger partial charge in [0, 0.05) is 72.4 Å². The molecule has 0 aliphatic heterocycles. The van der Waals surface area contributed by atoms with E-state index in [1.54, 1.807) is 32.3 Å². The second-order valence-corrected chi connectivity index (χ2v) is 18.6. The minimum Gasteiger partial charge on any atom is -0.480 e. The highest BCUT2D eigenvalue weighted by atomic mass is 32.1. The molecule has 26 nitrogen and oxygen atoms in total. The van der Waals surface area contributed by atoms with Gasteiger partial charge in [-0.25, -0.2) is 4.79 Å². The Balaban J connectivity index is 1.68. The van der Waals surface area contributed by atoms with E-state index >= 15 is 0 Å². The van der Waals surface area contributed by atoms with Gasteiger partial charge in [0.1, 0.15) is 36.3 Å². The maximum absolute atomic E-state index is 14.9. The van der Waals surface area contributed by atoms with Crippen LogP contribution in [0.5, 0.6) is 0 Å². The van der Waals surface area contributed by atoms with Crippen LogP contribution in [-0.2, 0) is 46.4 Å². The number of rotatable bonds is 32. The van der Waals surface area contributed by atoms with Crippen LogP contribution >= 0.6 is 12.6 Å². The summed E-state index contributed by atoms with van der Waals surface area (Å²) in [5.41, 5.74) is 41.8. The van der Waals surface area contributed by atoms with Crippen LogP contribution in [0, 0.1) is 5.92 Å². The molecule has 4 rings (SSSR count). The van der Waals surface area contributed by atoms with Crippen LogP contribution in [-0.4, -0.2) is 142 Å². The fourth-order valence-electron chi connectivity index (χ4n) is 8.15. The molecule has 0 saturated carbocycles. The molecule has 6 amide bonds. The number of aromatic amines is 2. The third-order valence-corrected chi connectivity index (χ3v) is 12.9. The Hall–Kier alpha value is -8.07. The van der Waals surface area contributed by atoms with Crippen molar-refractivity contribution in [1.29, 1.82) is 0 Å². The molecule has 8 atom stereocenters. The molecule has 0 aliphatic rings. The number of carboxylic acids is 1. The Morgan fingerprint density at radius 2 is 0.921 bits per heavy atom. The normalized spacial score (nSPS) is 14.3. The van der Waals surface area contributed by atoms with E-state index in [9.17, 15) is 38.7 Å². The van der Waals surface area contributed by atoms with Crippen LogP contribution in [0.1, 0.15) is 69.9 Å². The summed E-state index contributed by atoms with van der Waals surface area (Å²) in [5.74, 6) is -7.18. The number of guanidine groups is 3. The highest BCUT2D eigenvalue weighted by Gasteiger charge is 2.35. The number of aliphatic carboxylic acids is 1. The minimum atomic E-state index is -1.41. The van der Waals surface area contributed by atoms with Gasteiger partial charge in [0.15, 0.2) is 17.9 Å². The van der Waals surface area contributed by atoms with Crippen LogP contribution in [0.3, 0.4) is 0 Å². The zero-order valence-electron chi connectivity index (χ0n) is 42.7. The number of nitrogens with two attached hydrogens (primary N) is 7. The molecule has 27 heteroatoms. The lowest BCUT2D eigenvalue weighted by Crippen LogP contribution is -2.61. The number of hydrogen-bond donors (Lipinski definition) is 17. The van der Waals surface area contributed by atoms with Crippen molar-refractivity contribution in [2.24, 2.45) is 61.0 Å². The molecule has 0 spiro atoms. The Bertz CT molecular complexity index is 2700. The second-order valence-electron chi connectivity index (χ2n) is 18.3. The van der Waals surface area contributed by atoms with Gasteiger partial charge in [-0.2, -0.15) is 12.6 Å². The first-order valence-electron chi connectivity index (χ1n) is 24.9. The van der Waals surface area contributed by atoms with Crippen LogP contribution in [0.2, 0.25) is 0 Å². The molecule has 414 valence electrons. The molecule has 23 N–H and O–H groups in total. The van der Waals surface area contributed by atoms with Crippen LogP contribution in [0.4, 0.5) is 0 Å². The highest BCUT2D eigenvalue weighted by molar-refractivity contribution is 7.80. The van der Waals surface area contributed by atoms with Crippen molar-refractivity contribution in [3.05, 3.63) is 72.1 Å². The van der Waals surface area contributed by atoms with E-state index in [1.807, 2.05) is 42.5 Å². The van der Waals surface area contributed by atoms with Gasteiger partial charge >= 0.3 is 5.97 Å². The zero-order chi connectivity index (χ0) is 55.9. The fraction of sp³-hybridized carbons (Fsp3) is 0.469. The maximum Gasteiger partial charge on any atom is 0.326 e. The summed E-state index contributed by atoms with van der Waals surface area (Å²) in [6.07, 6.45) is 4.54. The Labute approximate surface area is 445 Å². The number of para-hydroxylation sites is 2. The molecule has 0 fully saturated rings. The van der Waals surface area contributed by atoms with Crippen molar-refractivity contribution in [2.75, 3.05) is 25.4 Å². The first-order chi connectivity index (χ1) is 36.2. The third kappa shape index (κ3) is 19.0. The van der Waals surface area contributed by atoms with Gasteiger partial charge in [-0.05, 0) is 67.7 Å². The zero-order valence-corrected chi connectivity index (χ0v) is 43.6. The van der Waals surface area contributed by atoms with Crippen molar-refractivity contribution in [3.8, 4) is 0 Å². The number of hydrogen-bond acceptors (Lipinski definition) is 12. The van der Waals surface area contributed by atoms with Crippen molar-refractivity contribution in [3.63, 3.8) is 0 Å². The standard InChI is InChI=1S/C49H74N18O8S/c1-3-26(2)39(46(74)75)67-42(70)35(17-10-20-59-49(55)56)63-45(73)38(25-76)66-44(72)37(22-28-24-61-33-15-7-5-12-30(28)33)65-43(71)36(21-27-23-60-32-14-6-4-11-29(27)32)64-41(69)34(16-9-19-58-48(53)54)62-40(68)31(50)13-8-18-57-47(51)52/h4-7,11-12,14-15,23-24,26,31,34-39,60-61,76H,3,8-10,13,16-22,25,50H2,1-2H3,(H,62,68)(H,63,73)(H,64,69)(H,65,71)(H,66,72)(H,67,70)(H,74,75)(H4,51,52,57)(H4,53,54,58)(H4,55,56,59)/t26-,31-,34-,35-,36-,37-,38-,39-/m0/s1. The number of thiol groups is 1. The molecule has 0 saturated heterocycles. The average molecular weight is 1080 g/mol. The van der Waals surface area contributed by atoms with Crippen molar-refractivity contribution in [1.82, 2.24) is 41.9 Å². The van der Waals surface area contributed by atoms with Gasteiger partial charge in [-0.15, -0.1) is 0 Å². The van der Waals surface area contributed by atoms with E-state index in [0.29, 0.717) is 24.0 Å². The molecule has 2 heterocycles. The number of carboxylic acid groups (broad SMARTS) is 1. The average Bonchev–Trinajstić information content (AvgIpc) is 4.00. The fourth-order valence-corrected chi connectivity index (χ4v) is 8.41. The summed E-state index contributed by atoms with van der Waals surface area (Å²) in [7, 11) is 0. The monoisotopic (exact) mass is 1070 g/mol. The van der Waals surface area contributed by atoms with Gasteiger partial charge in [-0.3, -0.25) is 43.7 Å². The Kier molecular flexibility index (Phi) is 24.1. The van der Waals surface area contributed by atoms with Crippen LogP contribution in [0.15, 0.2) is 75.9 Å². The summed E-state index contributed by atoms with van der Waals surface area (Å²) in [6, 6.07) is 5.52. The smallest absolute Gasteiger partial charge is 0.326 e. The van der Waals surface area contributed by atoms with E-state index in [0.717, 1.165) is 21.8 Å². The molecule has 0 bridgehead atoms. The lowest BCUT2D eigenvalue weighted by atomic mass is 9.98. The molecule has 2 aromatic carbocycles. The topological polar surface area (TPSA) is 463 Å². The Morgan fingerprint density at radius 3 is 1.34 bits per heavy atom. The van der Waals surface area contributed by atoms with Gasteiger partial charge in [0.2, 0.25) is 35.4 Å². The first kappa shape index (κ1) is 60.5. The number of amides is 6. The van der Waals surface area contributed by atoms with Gasteiger partial charge in [0.05, 0.1) is 6.04 Å². The number of aromatic nitrogens is 2. The molecule has 4 aromatic rings. The lowest BCUT2D eigenvalue weighted by Gasteiger charge is -2.28. The summed E-state index contributed by atoms with van der Waals surface area (Å²) in [4.78, 5) is 116. The summed E-state index contributed by atoms with van der Waals surface area (Å²) < 4.78 is 0. The molecule has 0 unspecified atom stereocenters. The van der Waals surface area contributed by atoms with Gasteiger partial charge < -0.3 is 87.1 Å². The maximum atomic E-state index is 14.9. The summed E-state index contributed by atoms with van der Waals surface area (Å²) in [5, 5.41) is 27.6. The number of fused-ring (bicyclic) bond motifs is 2.